The van der Waals surface area contributed by atoms with E-state index in [2.05, 4.69) is 22.2 Å². The Labute approximate surface area is 325 Å². The number of carbonyl (C=O) groups excluding carboxylic acids is 5. The van der Waals surface area contributed by atoms with Gasteiger partial charge in [0.2, 0.25) is 6.29 Å². The molecule has 1 aromatic heterocycles. The molecule has 1 heterocycles. The minimum atomic E-state index is -1.41. The summed E-state index contributed by atoms with van der Waals surface area (Å²) in [6.07, 6.45) is 4.34. The van der Waals surface area contributed by atoms with E-state index in [9.17, 15) is 29.1 Å². The van der Waals surface area contributed by atoms with Crippen LogP contribution in [0.1, 0.15) is 119 Å². The van der Waals surface area contributed by atoms with Crippen LogP contribution in [-0.4, -0.2) is 70.9 Å². The Hall–Kier alpha value is -5.89. The number of amidine groups is 1. The SMILES string of the molecule is C=Cc1cc(C(=O)Cc2ccc(C(=N)NC(=O)OC3CCCCC3)cc2)c(-c2ccc(C(=O)NCC3CC3)nc2C(=O)OC(C)OC(=O)OC(C)C)cc1CO. The summed E-state index contributed by atoms with van der Waals surface area (Å²) in [7, 11) is 0. The summed E-state index contributed by atoms with van der Waals surface area (Å²) in [6, 6.07) is 12.6. The van der Waals surface area contributed by atoms with Crippen LogP contribution < -0.4 is 10.6 Å². The summed E-state index contributed by atoms with van der Waals surface area (Å²) in [5.41, 5.74) is 1.98. The number of hydrogen-bond acceptors (Lipinski definition) is 12. The maximum Gasteiger partial charge on any atom is 0.511 e. The molecule has 3 aromatic rings. The summed E-state index contributed by atoms with van der Waals surface area (Å²) in [4.78, 5) is 69.9. The Balaban J connectivity index is 1.42. The standard InChI is InChI=1S/C42H48N4O10/c1-5-28-20-34(36(48)19-26-13-15-29(16-14-26)38(43)46-41(51)56-31-9-7-6-8-10-31)33(21-30(28)23-47)32-17-18-35(39(49)44-22-27-11-12-27)45-37(32)40(50)54-25(4)55-42(52)53-24(2)3/h5,13-18,20-21,24-25,27,31,47H,1,6-12,19,22-23H2,2-4H3,(H,44,49)(H2,43,46,51). The van der Waals surface area contributed by atoms with Gasteiger partial charge in [-0.25, -0.2) is 19.4 Å². The first-order chi connectivity index (χ1) is 26.8. The maximum absolute atomic E-state index is 14.1. The number of nitrogens with zero attached hydrogens (tertiary/aromatic N) is 1. The van der Waals surface area contributed by atoms with Gasteiger partial charge in [0.15, 0.2) is 11.5 Å². The Bertz CT molecular complexity index is 1970. The number of aliphatic hydroxyl groups excluding tert-OH is 1. The molecule has 2 aliphatic carbocycles. The highest BCUT2D eigenvalue weighted by Gasteiger charge is 2.28. The van der Waals surface area contributed by atoms with Crippen molar-refractivity contribution in [2.45, 2.75) is 97.2 Å². The van der Waals surface area contributed by atoms with E-state index in [0.29, 0.717) is 34.7 Å². The monoisotopic (exact) mass is 768 g/mol. The summed E-state index contributed by atoms with van der Waals surface area (Å²) in [5.74, 6) is -1.69. The number of pyridine rings is 1. The summed E-state index contributed by atoms with van der Waals surface area (Å²) >= 11 is 0. The predicted molar refractivity (Wildman–Crippen MR) is 206 cm³/mol. The quantitative estimate of drug-likeness (QED) is 0.0313. The highest BCUT2D eigenvalue weighted by Crippen LogP contribution is 2.33. The molecule has 2 aromatic carbocycles. The fraction of sp³-hybridized carbons (Fsp3) is 0.405. The highest BCUT2D eigenvalue weighted by molar-refractivity contribution is 6.08. The van der Waals surface area contributed by atoms with Crippen molar-refractivity contribution in [2.24, 2.45) is 5.92 Å². The van der Waals surface area contributed by atoms with Crippen LogP contribution in [-0.2, 0) is 32.0 Å². The van der Waals surface area contributed by atoms with Crippen LogP contribution in [0.15, 0.2) is 55.1 Å². The van der Waals surface area contributed by atoms with Crippen LogP contribution in [0.25, 0.3) is 17.2 Å². The molecule has 5 rings (SSSR count). The van der Waals surface area contributed by atoms with Crippen molar-refractivity contribution >= 4 is 41.8 Å². The van der Waals surface area contributed by atoms with E-state index >= 15 is 0 Å². The molecule has 1 atom stereocenters. The number of ether oxygens (including phenoxy) is 4. The van der Waals surface area contributed by atoms with Crippen LogP contribution in [0.2, 0.25) is 0 Å². The zero-order chi connectivity index (χ0) is 40.4. The van der Waals surface area contributed by atoms with Crippen molar-refractivity contribution in [3.05, 3.63) is 94.3 Å². The first kappa shape index (κ1) is 41.3. The number of esters is 1. The van der Waals surface area contributed by atoms with Crippen LogP contribution in [0.3, 0.4) is 0 Å². The molecule has 296 valence electrons. The van der Waals surface area contributed by atoms with Gasteiger partial charge in [-0.3, -0.25) is 20.3 Å². The summed E-state index contributed by atoms with van der Waals surface area (Å²) < 4.78 is 20.9. The average molecular weight is 769 g/mol. The number of benzene rings is 2. The van der Waals surface area contributed by atoms with Gasteiger partial charge in [0.05, 0.1) is 12.7 Å². The molecule has 14 nitrogen and oxygen atoms in total. The third-order valence-corrected chi connectivity index (χ3v) is 9.36. The number of rotatable bonds is 15. The molecule has 1 unspecified atom stereocenters. The largest absolute Gasteiger partial charge is 0.511 e. The van der Waals surface area contributed by atoms with Gasteiger partial charge in [0.25, 0.3) is 5.91 Å². The minimum Gasteiger partial charge on any atom is -0.446 e. The number of aliphatic hydroxyl groups is 1. The molecule has 2 fully saturated rings. The van der Waals surface area contributed by atoms with Crippen LogP contribution in [0.4, 0.5) is 9.59 Å². The number of Topliss-reactive ketones (excluding diaryl/α,β-unsaturated/α-hetero) is 1. The second kappa shape index (κ2) is 19.1. The molecule has 56 heavy (non-hydrogen) atoms. The van der Waals surface area contributed by atoms with E-state index in [-0.39, 0.29) is 52.2 Å². The van der Waals surface area contributed by atoms with Gasteiger partial charge in [-0.15, -0.1) is 0 Å². The van der Waals surface area contributed by atoms with E-state index < -0.39 is 43.1 Å². The first-order valence-electron chi connectivity index (χ1n) is 18.8. The molecule has 0 spiro atoms. The van der Waals surface area contributed by atoms with Crippen LogP contribution in [0, 0.1) is 11.3 Å². The van der Waals surface area contributed by atoms with E-state index in [0.717, 1.165) is 44.9 Å². The molecule has 2 aliphatic rings. The normalized spacial score (nSPS) is 14.6. The van der Waals surface area contributed by atoms with Crippen molar-refractivity contribution in [1.82, 2.24) is 15.6 Å². The van der Waals surface area contributed by atoms with Crippen molar-refractivity contribution in [2.75, 3.05) is 6.54 Å². The molecule has 0 aliphatic heterocycles. The molecule has 0 bridgehead atoms. The van der Waals surface area contributed by atoms with Gasteiger partial charge < -0.3 is 29.4 Å². The predicted octanol–water partition coefficient (Wildman–Crippen LogP) is 6.90. The van der Waals surface area contributed by atoms with Crippen LogP contribution in [0.5, 0.6) is 0 Å². The molecule has 0 saturated heterocycles. The molecule has 2 saturated carbocycles. The first-order valence-corrected chi connectivity index (χ1v) is 18.8. The molecule has 0 radical (unpaired) electrons. The molecular weight excluding hydrogens is 720 g/mol. The van der Waals surface area contributed by atoms with E-state index in [1.807, 2.05) is 0 Å². The molecule has 2 amide bonds. The lowest BCUT2D eigenvalue weighted by Crippen LogP contribution is -2.34. The Morgan fingerprint density at radius 1 is 0.929 bits per heavy atom. The lowest BCUT2D eigenvalue weighted by Gasteiger charge is -2.21. The number of hydrogen-bond donors (Lipinski definition) is 4. The molecule has 14 heteroatoms. The fourth-order valence-corrected chi connectivity index (χ4v) is 6.24. The van der Waals surface area contributed by atoms with Crippen molar-refractivity contribution < 1.29 is 48.0 Å². The number of ketones is 1. The smallest absolute Gasteiger partial charge is 0.446 e. The lowest BCUT2D eigenvalue weighted by molar-refractivity contribution is -0.0868. The number of amides is 2. The topological polar surface area (TPSA) is 203 Å². The zero-order valence-corrected chi connectivity index (χ0v) is 31.9. The zero-order valence-electron chi connectivity index (χ0n) is 31.9. The van der Waals surface area contributed by atoms with Gasteiger partial charge in [0, 0.05) is 36.6 Å². The third kappa shape index (κ3) is 11.3. The fourth-order valence-electron chi connectivity index (χ4n) is 6.24. The lowest BCUT2D eigenvalue weighted by atomic mass is 9.89. The number of nitrogens with one attached hydrogen (secondary N) is 3. The van der Waals surface area contributed by atoms with Gasteiger partial charge in [-0.1, -0.05) is 43.3 Å². The van der Waals surface area contributed by atoms with Gasteiger partial charge in [-0.05, 0) is 105 Å². The van der Waals surface area contributed by atoms with Crippen molar-refractivity contribution in [1.29, 1.82) is 5.41 Å². The van der Waals surface area contributed by atoms with Crippen molar-refractivity contribution in [3.8, 4) is 11.1 Å². The highest BCUT2D eigenvalue weighted by atomic mass is 16.8. The second-order valence-corrected chi connectivity index (χ2v) is 14.2. The van der Waals surface area contributed by atoms with E-state index in [1.54, 1.807) is 50.2 Å². The number of carbonyl (C=O) groups is 5. The minimum absolute atomic E-state index is 0.0745. The third-order valence-electron chi connectivity index (χ3n) is 9.36. The second-order valence-electron chi connectivity index (χ2n) is 14.2. The van der Waals surface area contributed by atoms with E-state index in [1.165, 1.54) is 25.1 Å². The van der Waals surface area contributed by atoms with Gasteiger partial charge in [0.1, 0.15) is 17.6 Å². The Kier molecular flexibility index (Phi) is 14.1. The Morgan fingerprint density at radius 3 is 2.29 bits per heavy atom. The van der Waals surface area contributed by atoms with E-state index in [4.69, 9.17) is 24.4 Å². The van der Waals surface area contributed by atoms with Crippen LogP contribution >= 0.6 is 0 Å². The number of alkyl carbamates (subject to hydrolysis) is 1. The molecular formula is C42H48N4O10. The Morgan fingerprint density at radius 2 is 1.64 bits per heavy atom. The summed E-state index contributed by atoms with van der Waals surface area (Å²) in [5, 5.41) is 23.9. The van der Waals surface area contributed by atoms with Gasteiger partial charge in [-0.2, -0.15) is 0 Å². The average Bonchev–Trinajstić information content (AvgIpc) is 4.01. The van der Waals surface area contributed by atoms with Crippen molar-refractivity contribution in [3.63, 3.8) is 0 Å². The number of aromatic nitrogens is 1. The maximum atomic E-state index is 14.1. The summed E-state index contributed by atoms with van der Waals surface area (Å²) in [6.45, 7) is 8.43. The molecule has 4 N–H and O–H groups in total. The van der Waals surface area contributed by atoms with Gasteiger partial charge >= 0.3 is 18.2 Å².